The number of halogens is 2. The molecule has 4 heteroatoms. The lowest BCUT2D eigenvalue weighted by molar-refractivity contribution is 0.0697. The van der Waals surface area contributed by atoms with Crippen molar-refractivity contribution in [3.63, 3.8) is 0 Å². The summed E-state index contributed by atoms with van der Waals surface area (Å²) in [5.41, 5.74) is 1.86. The highest BCUT2D eigenvalue weighted by Crippen LogP contribution is 2.32. The first-order valence-corrected chi connectivity index (χ1v) is 6.46. The summed E-state index contributed by atoms with van der Waals surface area (Å²) in [6.45, 7) is 0. The molecule has 0 radical (unpaired) electrons. The minimum Gasteiger partial charge on any atom is -0.478 e. The summed E-state index contributed by atoms with van der Waals surface area (Å²) in [4.78, 5) is 11.2. The highest BCUT2D eigenvalue weighted by atomic mass is 79.9. The Kier molecular flexibility index (Phi) is 3.64. The van der Waals surface area contributed by atoms with Crippen molar-refractivity contribution in [2.75, 3.05) is 0 Å². The summed E-state index contributed by atoms with van der Waals surface area (Å²) in [7, 11) is 0. The van der Waals surface area contributed by atoms with E-state index in [1.165, 1.54) is 0 Å². The third kappa shape index (κ3) is 2.58. The van der Waals surface area contributed by atoms with Gasteiger partial charge in [-0.25, -0.2) is 4.79 Å². The van der Waals surface area contributed by atoms with Gasteiger partial charge in [0.25, 0.3) is 0 Å². The second kappa shape index (κ2) is 5.02. The lowest BCUT2D eigenvalue weighted by atomic mass is 10.00. The summed E-state index contributed by atoms with van der Waals surface area (Å²) in [5.74, 6) is -0.933. The topological polar surface area (TPSA) is 37.3 Å². The van der Waals surface area contributed by atoms with Crippen molar-refractivity contribution in [3.8, 4) is 11.1 Å². The molecule has 0 amide bonds. The Morgan fingerprint density at radius 3 is 2.35 bits per heavy atom. The molecule has 17 heavy (non-hydrogen) atoms. The Balaban J connectivity index is 2.68. The molecule has 1 N–H and O–H groups in total. The van der Waals surface area contributed by atoms with Crippen LogP contribution >= 0.6 is 31.9 Å². The van der Waals surface area contributed by atoms with Crippen molar-refractivity contribution in [1.82, 2.24) is 0 Å². The van der Waals surface area contributed by atoms with Gasteiger partial charge < -0.3 is 5.11 Å². The largest absolute Gasteiger partial charge is 0.478 e. The number of carboxylic acids is 1. The molecular formula is C13H8Br2O2. The normalized spacial score (nSPS) is 10.2. The quantitative estimate of drug-likeness (QED) is 0.856. The van der Waals surface area contributed by atoms with Crippen LogP contribution in [0.1, 0.15) is 10.4 Å². The Morgan fingerprint density at radius 2 is 1.71 bits per heavy atom. The molecular weight excluding hydrogens is 348 g/mol. The Labute approximate surface area is 116 Å². The van der Waals surface area contributed by atoms with Gasteiger partial charge in [-0.2, -0.15) is 0 Å². The van der Waals surface area contributed by atoms with E-state index in [4.69, 9.17) is 0 Å². The van der Waals surface area contributed by atoms with E-state index in [-0.39, 0.29) is 5.56 Å². The molecule has 0 aliphatic rings. The summed E-state index contributed by atoms with van der Waals surface area (Å²) >= 11 is 6.71. The van der Waals surface area contributed by atoms with Gasteiger partial charge >= 0.3 is 5.97 Å². The summed E-state index contributed by atoms with van der Waals surface area (Å²) in [6.07, 6.45) is 0. The predicted molar refractivity (Wildman–Crippen MR) is 74.2 cm³/mol. The Morgan fingerprint density at radius 1 is 1.00 bits per heavy atom. The van der Waals surface area contributed by atoms with Gasteiger partial charge in [-0.1, -0.05) is 56.1 Å². The predicted octanol–water partition coefficient (Wildman–Crippen LogP) is 4.58. The zero-order valence-corrected chi connectivity index (χ0v) is 11.8. The molecule has 0 aliphatic heterocycles. The Hall–Kier alpha value is -1.13. The van der Waals surface area contributed by atoms with E-state index in [1.54, 1.807) is 12.1 Å². The van der Waals surface area contributed by atoms with Crippen LogP contribution in [-0.4, -0.2) is 11.1 Å². The van der Waals surface area contributed by atoms with Gasteiger partial charge in [-0.3, -0.25) is 0 Å². The molecule has 0 atom stereocenters. The van der Waals surface area contributed by atoms with Crippen LogP contribution in [0.3, 0.4) is 0 Å². The van der Waals surface area contributed by atoms with Crippen LogP contribution in [0.25, 0.3) is 11.1 Å². The molecule has 2 rings (SSSR count). The van der Waals surface area contributed by atoms with Crippen molar-refractivity contribution in [1.29, 1.82) is 0 Å². The van der Waals surface area contributed by atoms with E-state index < -0.39 is 5.97 Å². The van der Waals surface area contributed by atoms with Gasteiger partial charge in [0.2, 0.25) is 0 Å². The van der Waals surface area contributed by atoms with Crippen LogP contribution in [0, 0.1) is 0 Å². The fraction of sp³-hybridized carbons (Fsp3) is 0. The highest BCUT2D eigenvalue weighted by molar-refractivity contribution is 9.10. The van der Waals surface area contributed by atoms with Crippen LogP contribution in [0.4, 0.5) is 0 Å². The molecule has 0 fully saturated rings. The van der Waals surface area contributed by atoms with Gasteiger partial charge in [0, 0.05) is 8.95 Å². The van der Waals surface area contributed by atoms with Crippen molar-refractivity contribution in [2.24, 2.45) is 0 Å². The monoisotopic (exact) mass is 354 g/mol. The van der Waals surface area contributed by atoms with Gasteiger partial charge in [0.15, 0.2) is 0 Å². The molecule has 0 bridgehead atoms. The van der Waals surface area contributed by atoms with E-state index in [2.05, 4.69) is 31.9 Å². The van der Waals surface area contributed by atoms with Crippen molar-refractivity contribution < 1.29 is 9.90 Å². The second-order valence-electron chi connectivity index (χ2n) is 3.47. The second-order valence-corrected chi connectivity index (χ2v) is 5.24. The third-order valence-corrected chi connectivity index (χ3v) is 3.56. The van der Waals surface area contributed by atoms with Crippen LogP contribution < -0.4 is 0 Å². The summed E-state index contributed by atoms with van der Waals surface area (Å²) in [5, 5.41) is 9.21. The molecule has 86 valence electrons. The number of aromatic carboxylic acids is 1. The number of hydrogen-bond acceptors (Lipinski definition) is 1. The van der Waals surface area contributed by atoms with Crippen molar-refractivity contribution in [2.45, 2.75) is 0 Å². The zero-order valence-electron chi connectivity index (χ0n) is 8.65. The van der Waals surface area contributed by atoms with E-state index in [0.717, 1.165) is 14.5 Å². The van der Waals surface area contributed by atoms with E-state index >= 15 is 0 Å². The summed E-state index contributed by atoms with van der Waals surface area (Å²) in [6, 6.07) is 12.8. The van der Waals surface area contributed by atoms with Gasteiger partial charge in [0.05, 0.1) is 5.56 Å². The van der Waals surface area contributed by atoms with Gasteiger partial charge in [-0.15, -0.1) is 0 Å². The van der Waals surface area contributed by atoms with Gasteiger partial charge in [-0.05, 0) is 29.3 Å². The molecule has 0 aliphatic carbocycles. The molecule has 0 saturated heterocycles. The smallest absolute Gasteiger partial charge is 0.336 e. The Bertz CT molecular complexity index is 579. The van der Waals surface area contributed by atoms with Crippen LogP contribution in [0.15, 0.2) is 51.4 Å². The SMILES string of the molecule is O=C(O)c1cc(Br)ccc1-c1ccccc1Br. The van der Waals surface area contributed by atoms with E-state index in [1.807, 2.05) is 30.3 Å². The average molecular weight is 356 g/mol. The number of rotatable bonds is 2. The number of carbonyl (C=O) groups is 1. The molecule has 0 unspecified atom stereocenters. The van der Waals surface area contributed by atoms with Crippen molar-refractivity contribution in [3.05, 3.63) is 57.0 Å². The molecule has 0 spiro atoms. The van der Waals surface area contributed by atoms with Crippen LogP contribution in [0.5, 0.6) is 0 Å². The molecule has 0 heterocycles. The van der Waals surface area contributed by atoms with Crippen LogP contribution in [0.2, 0.25) is 0 Å². The number of carboxylic acid groups (broad SMARTS) is 1. The highest BCUT2D eigenvalue weighted by Gasteiger charge is 2.13. The molecule has 0 aromatic heterocycles. The van der Waals surface area contributed by atoms with E-state index in [0.29, 0.717) is 5.56 Å². The maximum Gasteiger partial charge on any atom is 0.336 e. The first kappa shape index (κ1) is 12.3. The minimum absolute atomic E-state index is 0.284. The fourth-order valence-corrected chi connectivity index (χ4v) is 2.47. The first-order valence-electron chi connectivity index (χ1n) is 4.87. The maximum absolute atomic E-state index is 11.2. The molecule has 2 aromatic rings. The summed E-state index contributed by atoms with van der Waals surface area (Å²) < 4.78 is 1.63. The van der Waals surface area contributed by atoms with Gasteiger partial charge in [0.1, 0.15) is 0 Å². The average Bonchev–Trinajstić information content (AvgIpc) is 2.30. The number of hydrogen-bond donors (Lipinski definition) is 1. The lowest BCUT2D eigenvalue weighted by Gasteiger charge is -2.08. The molecule has 0 saturated carbocycles. The molecule has 2 nitrogen and oxygen atoms in total. The van der Waals surface area contributed by atoms with Crippen LogP contribution in [-0.2, 0) is 0 Å². The van der Waals surface area contributed by atoms with E-state index in [9.17, 15) is 9.90 Å². The first-order chi connectivity index (χ1) is 8.09. The maximum atomic E-state index is 11.2. The van der Waals surface area contributed by atoms with Crippen molar-refractivity contribution >= 4 is 37.8 Å². The molecule has 2 aromatic carbocycles. The number of benzene rings is 2. The zero-order chi connectivity index (χ0) is 12.4. The fourth-order valence-electron chi connectivity index (χ4n) is 1.61. The standard InChI is InChI=1S/C13H8Br2O2/c14-8-5-6-9(11(7-8)13(16)17)10-3-1-2-4-12(10)15/h1-7H,(H,16,17). The third-order valence-electron chi connectivity index (χ3n) is 2.38. The lowest BCUT2D eigenvalue weighted by Crippen LogP contribution is -1.99. The minimum atomic E-state index is -0.933.